The highest BCUT2D eigenvalue weighted by molar-refractivity contribution is 5.92. The van der Waals surface area contributed by atoms with Crippen molar-refractivity contribution in [2.45, 2.75) is 6.04 Å². The van der Waals surface area contributed by atoms with E-state index in [4.69, 9.17) is 15.1 Å². The van der Waals surface area contributed by atoms with Crippen LogP contribution in [-0.2, 0) is 9.53 Å². The number of hydrogen-bond acceptors (Lipinski definition) is 5. The van der Waals surface area contributed by atoms with Crippen molar-refractivity contribution in [2.24, 2.45) is 5.92 Å². The number of pyridine rings is 1. The molecule has 1 amide bonds. The van der Waals surface area contributed by atoms with Crippen LogP contribution in [0, 0.1) is 17.2 Å². The molecule has 0 bridgehead atoms. The summed E-state index contributed by atoms with van der Waals surface area (Å²) in [6, 6.07) is 4.34. The van der Waals surface area contributed by atoms with E-state index in [0.29, 0.717) is 5.56 Å². The maximum Gasteiger partial charge on any atom is 0.311 e. The predicted octanol–water partition coefficient (Wildman–Crippen LogP) is 0.125. The summed E-state index contributed by atoms with van der Waals surface area (Å²) in [5, 5.41) is 17.8. The Kier molecular flexibility index (Phi) is 3.96. The molecule has 0 radical (unpaired) electrons. The van der Waals surface area contributed by atoms with Crippen LogP contribution in [0.5, 0.6) is 0 Å². The zero-order chi connectivity index (χ0) is 14.7. The molecule has 1 aromatic rings. The molecule has 2 unspecified atom stereocenters. The first-order valence-corrected chi connectivity index (χ1v) is 5.98. The minimum atomic E-state index is -0.986. The normalized spacial score (nSPS) is 21.2. The first kappa shape index (κ1) is 14.0. The Balaban J connectivity index is 2.15. The molecule has 1 N–H and O–H groups in total. The quantitative estimate of drug-likeness (QED) is 0.840. The average molecular weight is 275 g/mol. The molecular weight excluding hydrogens is 262 g/mol. The molecule has 20 heavy (non-hydrogen) atoms. The number of carboxylic acids is 1. The van der Waals surface area contributed by atoms with Crippen LogP contribution in [0.4, 0.5) is 0 Å². The van der Waals surface area contributed by atoms with Gasteiger partial charge in [0.2, 0.25) is 0 Å². The van der Waals surface area contributed by atoms with E-state index in [9.17, 15) is 9.59 Å². The van der Waals surface area contributed by atoms with Crippen molar-refractivity contribution in [1.82, 2.24) is 9.88 Å². The van der Waals surface area contributed by atoms with Crippen LogP contribution in [0.2, 0.25) is 0 Å². The second kappa shape index (κ2) is 5.67. The summed E-state index contributed by atoms with van der Waals surface area (Å²) >= 11 is 0. The molecule has 7 heteroatoms. The fourth-order valence-electron chi connectivity index (χ4n) is 2.08. The lowest BCUT2D eigenvalue weighted by atomic mass is 10.0. The van der Waals surface area contributed by atoms with Crippen LogP contribution in [0.25, 0.3) is 0 Å². The third kappa shape index (κ3) is 2.60. The maximum atomic E-state index is 12.2. The molecule has 0 aromatic carbocycles. The Morgan fingerprint density at radius 2 is 2.25 bits per heavy atom. The summed E-state index contributed by atoms with van der Waals surface area (Å²) in [4.78, 5) is 28.6. The minimum absolute atomic E-state index is 0.0957. The summed E-state index contributed by atoms with van der Waals surface area (Å²) in [5.74, 6) is -2.11. The van der Waals surface area contributed by atoms with Crippen molar-refractivity contribution >= 4 is 11.9 Å². The van der Waals surface area contributed by atoms with Gasteiger partial charge in [-0.2, -0.15) is 5.26 Å². The average Bonchev–Trinajstić information content (AvgIpc) is 2.95. The lowest BCUT2D eigenvalue weighted by Gasteiger charge is -2.25. The number of likely N-dealkylation sites (N-methyl/N-ethyl adjacent to an activating group) is 1. The monoisotopic (exact) mass is 275 g/mol. The van der Waals surface area contributed by atoms with Gasteiger partial charge >= 0.3 is 5.97 Å². The van der Waals surface area contributed by atoms with Crippen molar-refractivity contribution in [2.75, 3.05) is 20.3 Å². The topological polar surface area (TPSA) is 104 Å². The van der Waals surface area contributed by atoms with Gasteiger partial charge < -0.3 is 14.7 Å². The van der Waals surface area contributed by atoms with E-state index in [2.05, 4.69) is 4.98 Å². The molecule has 2 rings (SSSR count). The Bertz CT molecular complexity index is 564. The van der Waals surface area contributed by atoms with Crippen molar-refractivity contribution in [3.63, 3.8) is 0 Å². The number of aliphatic carboxylic acids is 1. The van der Waals surface area contributed by atoms with Crippen LogP contribution in [0.1, 0.15) is 16.1 Å². The van der Waals surface area contributed by atoms with Gasteiger partial charge in [-0.25, -0.2) is 4.98 Å². The van der Waals surface area contributed by atoms with E-state index in [1.54, 1.807) is 0 Å². The zero-order valence-corrected chi connectivity index (χ0v) is 10.8. The fraction of sp³-hybridized carbons (Fsp3) is 0.385. The van der Waals surface area contributed by atoms with Crippen LogP contribution in [-0.4, -0.2) is 53.2 Å². The molecular formula is C13H13N3O4. The Hall–Kier alpha value is -2.46. The van der Waals surface area contributed by atoms with Gasteiger partial charge in [0.05, 0.1) is 24.8 Å². The number of carboxylic acid groups (broad SMARTS) is 1. The Labute approximate surface area is 115 Å². The summed E-state index contributed by atoms with van der Waals surface area (Å²) in [5.41, 5.74) is 0.527. The number of nitrogens with zero attached hydrogens (tertiary/aromatic N) is 3. The minimum Gasteiger partial charge on any atom is -0.481 e. The van der Waals surface area contributed by atoms with E-state index in [0.717, 1.165) is 0 Å². The van der Waals surface area contributed by atoms with E-state index >= 15 is 0 Å². The molecule has 0 spiro atoms. The first-order chi connectivity index (χ1) is 9.54. The lowest BCUT2D eigenvalue weighted by molar-refractivity contribution is -0.142. The molecule has 2 atom stereocenters. The van der Waals surface area contributed by atoms with Gasteiger partial charge in [0, 0.05) is 13.2 Å². The first-order valence-electron chi connectivity index (χ1n) is 5.98. The number of aromatic nitrogens is 1. The third-order valence-corrected chi connectivity index (χ3v) is 3.30. The second-order valence-electron chi connectivity index (χ2n) is 4.51. The fourth-order valence-corrected chi connectivity index (χ4v) is 2.08. The van der Waals surface area contributed by atoms with Crippen molar-refractivity contribution < 1.29 is 19.4 Å². The second-order valence-corrected chi connectivity index (χ2v) is 4.51. The Morgan fingerprint density at radius 3 is 2.80 bits per heavy atom. The number of carbonyl (C=O) groups is 2. The van der Waals surface area contributed by atoms with Crippen LogP contribution >= 0.6 is 0 Å². The number of ether oxygens (including phenoxy) is 1. The SMILES string of the molecule is CN(C(=O)c1ccc(C#N)cn1)C1COCC1C(=O)O. The number of amides is 1. The summed E-state index contributed by atoms with van der Waals surface area (Å²) in [6.45, 7) is 0.286. The van der Waals surface area contributed by atoms with E-state index in [1.807, 2.05) is 6.07 Å². The van der Waals surface area contributed by atoms with E-state index in [1.165, 1.54) is 30.3 Å². The maximum absolute atomic E-state index is 12.2. The summed E-state index contributed by atoms with van der Waals surface area (Å²) < 4.78 is 5.14. The number of rotatable bonds is 3. The van der Waals surface area contributed by atoms with Crippen LogP contribution < -0.4 is 0 Å². The molecule has 7 nitrogen and oxygen atoms in total. The van der Waals surface area contributed by atoms with Crippen LogP contribution in [0.3, 0.4) is 0 Å². The van der Waals surface area contributed by atoms with Crippen molar-refractivity contribution in [3.8, 4) is 6.07 Å². The van der Waals surface area contributed by atoms with Gasteiger partial charge in [-0.1, -0.05) is 0 Å². The molecule has 2 heterocycles. The van der Waals surface area contributed by atoms with E-state index in [-0.39, 0.29) is 18.9 Å². The van der Waals surface area contributed by atoms with E-state index < -0.39 is 23.8 Å². The van der Waals surface area contributed by atoms with Gasteiger partial charge in [0.1, 0.15) is 17.7 Å². The highest BCUT2D eigenvalue weighted by Gasteiger charge is 2.38. The zero-order valence-electron chi connectivity index (χ0n) is 10.8. The van der Waals surface area contributed by atoms with Gasteiger partial charge in [-0.05, 0) is 12.1 Å². The summed E-state index contributed by atoms with van der Waals surface area (Å²) in [7, 11) is 1.53. The van der Waals surface area contributed by atoms with Gasteiger partial charge in [-0.3, -0.25) is 9.59 Å². The predicted molar refractivity (Wildman–Crippen MR) is 66.8 cm³/mol. The van der Waals surface area contributed by atoms with Crippen LogP contribution in [0.15, 0.2) is 18.3 Å². The number of carbonyl (C=O) groups excluding carboxylic acids is 1. The standard InChI is InChI=1S/C13H13N3O4/c1-16(11-7-20-6-9(11)13(18)19)12(17)10-3-2-8(4-14)5-15-10/h2-3,5,9,11H,6-7H2,1H3,(H,18,19). The molecule has 104 valence electrons. The highest BCUT2D eigenvalue weighted by Crippen LogP contribution is 2.20. The van der Waals surface area contributed by atoms with Gasteiger partial charge in [0.25, 0.3) is 5.91 Å². The molecule has 0 aliphatic carbocycles. The highest BCUT2D eigenvalue weighted by atomic mass is 16.5. The summed E-state index contributed by atoms with van der Waals surface area (Å²) in [6.07, 6.45) is 1.31. The molecule has 0 saturated carbocycles. The molecule has 1 aliphatic heterocycles. The third-order valence-electron chi connectivity index (χ3n) is 3.30. The largest absolute Gasteiger partial charge is 0.481 e. The van der Waals surface area contributed by atoms with Gasteiger partial charge in [0.15, 0.2) is 0 Å². The molecule has 1 saturated heterocycles. The van der Waals surface area contributed by atoms with Crippen molar-refractivity contribution in [1.29, 1.82) is 5.26 Å². The number of hydrogen-bond donors (Lipinski definition) is 1. The molecule has 1 aromatic heterocycles. The smallest absolute Gasteiger partial charge is 0.311 e. The molecule has 1 aliphatic rings. The lowest BCUT2D eigenvalue weighted by Crippen LogP contribution is -2.44. The molecule has 1 fully saturated rings. The van der Waals surface area contributed by atoms with Gasteiger partial charge in [-0.15, -0.1) is 0 Å². The Morgan fingerprint density at radius 1 is 1.50 bits per heavy atom. The van der Waals surface area contributed by atoms with Crippen molar-refractivity contribution in [3.05, 3.63) is 29.6 Å². The number of nitriles is 1.